The average molecular weight is 445 g/mol. The average Bonchev–Trinajstić information content (AvgIpc) is 2.64. The van der Waals surface area contributed by atoms with Gasteiger partial charge in [-0.1, -0.05) is 0 Å². The largest absolute Gasteiger partial charge is 0.598 e. The van der Waals surface area contributed by atoms with Gasteiger partial charge in [0.25, 0.3) is 11.5 Å². The van der Waals surface area contributed by atoms with Crippen LogP contribution in [0.3, 0.4) is 0 Å². The summed E-state index contributed by atoms with van der Waals surface area (Å²) in [5, 5.41) is 0.0915. The molecule has 6 nitrogen and oxygen atoms in total. The van der Waals surface area contributed by atoms with Crippen LogP contribution in [0.1, 0.15) is 52.1 Å². The molecule has 0 amide bonds. The molecule has 30 heavy (non-hydrogen) atoms. The summed E-state index contributed by atoms with van der Waals surface area (Å²) in [4.78, 5) is 19.2. The molecule has 0 radical (unpaired) electrons. The SMILES string of the molecule is CC(N[S@+]([O-])C(C)(C)C)c1cc(F)cc2c(=O)n(C)c(N3CCC(F)(F)CC3)nc12. The van der Waals surface area contributed by atoms with Gasteiger partial charge in [0, 0.05) is 49.9 Å². The van der Waals surface area contributed by atoms with Crippen molar-refractivity contribution in [3.05, 3.63) is 33.9 Å². The molecule has 0 saturated carbocycles. The summed E-state index contributed by atoms with van der Waals surface area (Å²) >= 11 is -1.42. The zero-order valence-corrected chi connectivity index (χ0v) is 18.6. The van der Waals surface area contributed by atoms with E-state index in [1.165, 1.54) is 17.7 Å². The Balaban J connectivity index is 2.08. The third-order valence-electron chi connectivity index (χ3n) is 5.24. The van der Waals surface area contributed by atoms with Gasteiger partial charge in [-0.25, -0.2) is 18.2 Å². The van der Waals surface area contributed by atoms with Crippen molar-refractivity contribution in [2.75, 3.05) is 18.0 Å². The molecular weight excluding hydrogens is 417 g/mol. The zero-order chi connectivity index (χ0) is 22.4. The number of aromatic nitrogens is 2. The van der Waals surface area contributed by atoms with Crippen molar-refractivity contribution in [1.29, 1.82) is 0 Å². The standard InChI is InChI=1S/C20H27F3N4O2S/c1-12(25-30(29)19(2,3)4)14-10-13(21)11-15-16(14)24-18(26(5)17(15)28)27-8-6-20(22,23)7-9-27/h10-12,25H,6-9H2,1-5H3/t12?,30-/m1/s1. The quantitative estimate of drug-likeness (QED) is 0.732. The number of piperidine rings is 1. The minimum Gasteiger partial charge on any atom is -0.598 e. The van der Waals surface area contributed by atoms with E-state index in [9.17, 15) is 22.5 Å². The number of rotatable bonds is 4. The second-order valence-corrected chi connectivity index (χ2v) is 10.7. The van der Waals surface area contributed by atoms with Crippen molar-refractivity contribution in [3.8, 4) is 0 Å². The Bertz CT molecular complexity index is 996. The molecule has 1 N–H and O–H groups in total. The lowest BCUT2D eigenvalue weighted by molar-refractivity contribution is -0.0223. The van der Waals surface area contributed by atoms with Crippen LogP contribution in [0.2, 0.25) is 0 Å². The van der Waals surface area contributed by atoms with E-state index in [1.807, 2.05) is 20.8 Å². The number of anilines is 1. The molecule has 10 heteroatoms. The van der Waals surface area contributed by atoms with Gasteiger partial charge in [0.1, 0.15) is 10.6 Å². The Kier molecular flexibility index (Phi) is 6.14. The second-order valence-electron chi connectivity index (χ2n) is 8.73. The highest BCUT2D eigenvalue weighted by Crippen LogP contribution is 2.31. The van der Waals surface area contributed by atoms with Gasteiger partial charge < -0.3 is 9.45 Å². The zero-order valence-electron chi connectivity index (χ0n) is 17.8. The van der Waals surface area contributed by atoms with Crippen LogP contribution in [0.4, 0.5) is 19.1 Å². The van der Waals surface area contributed by atoms with E-state index in [4.69, 9.17) is 0 Å². The van der Waals surface area contributed by atoms with Crippen molar-refractivity contribution in [1.82, 2.24) is 14.3 Å². The Morgan fingerprint density at radius 2 is 1.87 bits per heavy atom. The van der Waals surface area contributed by atoms with Gasteiger partial charge in [-0.3, -0.25) is 9.36 Å². The molecule has 166 valence electrons. The summed E-state index contributed by atoms with van der Waals surface area (Å²) in [6.07, 6.45) is -0.639. The Hall–Kier alpha value is -1.78. The molecule has 3 rings (SSSR count). The first-order valence-corrected chi connectivity index (χ1v) is 11.0. The summed E-state index contributed by atoms with van der Waals surface area (Å²) in [7, 11) is 1.50. The van der Waals surface area contributed by atoms with Crippen molar-refractivity contribution >= 4 is 28.2 Å². The predicted molar refractivity (Wildman–Crippen MR) is 113 cm³/mol. The molecule has 2 atom stereocenters. The van der Waals surface area contributed by atoms with E-state index >= 15 is 0 Å². The molecule has 0 aliphatic carbocycles. The fourth-order valence-corrected chi connectivity index (χ4v) is 4.20. The number of nitrogens with zero attached hydrogens (tertiary/aromatic N) is 3. The van der Waals surface area contributed by atoms with E-state index in [0.717, 1.165) is 6.07 Å². The molecule has 1 aromatic carbocycles. The maximum Gasteiger partial charge on any atom is 0.262 e. The molecule has 1 aliphatic heterocycles. The van der Waals surface area contributed by atoms with Gasteiger partial charge in [0.15, 0.2) is 0 Å². The van der Waals surface area contributed by atoms with Crippen LogP contribution in [0.25, 0.3) is 10.9 Å². The molecule has 1 aromatic heterocycles. The first kappa shape index (κ1) is 22.9. The fraction of sp³-hybridized carbons (Fsp3) is 0.600. The molecule has 1 unspecified atom stereocenters. The number of hydrogen-bond donors (Lipinski definition) is 1. The van der Waals surface area contributed by atoms with Crippen molar-refractivity contribution in [2.24, 2.45) is 7.05 Å². The molecule has 1 aliphatic rings. The van der Waals surface area contributed by atoms with E-state index in [-0.39, 0.29) is 42.8 Å². The first-order chi connectivity index (χ1) is 13.8. The van der Waals surface area contributed by atoms with E-state index in [2.05, 4.69) is 9.71 Å². The van der Waals surface area contributed by atoms with E-state index in [0.29, 0.717) is 5.56 Å². The third kappa shape index (κ3) is 4.60. The Labute approximate surface area is 176 Å². The number of nitrogens with one attached hydrogen (secondary N) is 1. The van der Waals surface area contributed by atoms with Crippen LogP contribution in [0.5, 0.6) is 0 Å². The van der Waals surface area contributed by atoms with Gasteiger partial charge in [-0.05, 0) is 39.8 Å². The van der Waals surface area contributed by atoms with Gasteiger partial charge in [-0.2, -0.15) is 0 Å². The number of benzene rings is 1. The van der Waals surface area contributed by atoms with Crippen molar-refractivity contribution < 1.29 is 17.7 Å². The lowest BCUT2D eigenvalue weighted by Gasteiger charge is -2.33. The van der Waals surface area contributed by atoms with Crippen molar-refractivity contribution in [3.63, 3.8) is 0 Å². The lowest BCUT2D eigenvalue weighted by Crippen LogP contribution is -2.42. The molecule has 2 heterocycles. The lowest BCUT2D eigenvalue weighted by atomic mass is 10.0. The maximum atomic E-state index is 14.3. The summed E-state index contributed by atoms with van der Waals surface area (Å²) in [5.74, 6) is -3.06. The minimum atomic E-state index is -2.73. The number of fused-ring (bicyclic) bond motifs is 1. The molecule has 1 fully saturated rings. The van der Waals surface area contributed by atoms with E-state index in [1.54, 1.807) is 11.8 Å². The third-order valence-corrected chi connectivity index (χ3v) is 6.92. The van der Waals surface area contributed by atoms with E-state index < -0.39 is 39.4 Å². The summed E-state index contributed by atoms with van der Waals surface area (Å²) in [5.41, 5.74) is 0.207. The van der Waals surface area contributed by atoms with Crippen LogP contribution >= 0.6 is 0 Å². The molecule has 2 aromatic rings. The smallest absolute Gasteiger partial charge is 0.262 e. The molecular formula is C20H27F3N4O2S. The van der Waals surface area contributed by atoms with Gasteiger partial charge in [-0.15, -0.1) is 4.72 Å². The maximum absolute atomic E-state index is 14.3. The number of hydrogen-bond acceptors (Lipinski definition) is 5. The van der Waals surface area contributed by atoms with Gasteiger partial charge >= 0.3 is 0 Å². The number of halogens is 3. The van der Waals surface area contributed by atoms with Gasteiger partial charge in [0.05, 0.1) is 16.9 Å². The monoisotopic (exact) mass is 444 g/mol. The van der Waals surface area contributed by atoms with Crippen LogP contribution in [-0.2, 0) is 18.4 Å². The van der Waals surface area contributed by atoms with Crippen LogP contribution in [0.15, 0.2) is 16.9 Å². The predicted octanol–water partition coefficient (Wildman–Crippen LogP) is 3.42. The first-order valence-electron chi connectivity index (χ1n) is 9.81. The van der Waals surface area contributed by atoms with Crippen molar-refractivity contribution in [2.45, 2.75) is 57.2 Å². The normalized spacial score (nSPS) is 19.2. The summed E-state index contributed by atoms with van der Waals surface area (Å²) < 4.78 is 57.6. The highest BCUT2D eigenvalue weighted by Gasteiger charge is 2.35. The van der Waals surface area contributed by atoms with Gasteiger partial charge in [0.2, 0.25) is 5.95 Å². The second kappa shape index (κ2) is 8.05. The number of alkyl halides is 2. The Morgan fingerprint density at radius 1 is 1.27 bits per heavy atom. The molecule has 0 spiro atoms. The summed E-state index contributed by atoms with van der Waals surface area (Å²) in [6, 6.07) is 1.83. The van der Waals surface area contributed by atoms with Crippen LogP contribution < -0.4 is 15.2 Å². The fourth-order valence-electron chi connectivity index (χ4n) is 3.40. The van der Waals surface area contributed by atoms with Crippen LogP contribution in [0, 0.1) is 5.82 Å². The highest BCUT2D eigenvalue weighted by atomic mass is 32.2. The topological polar surface area (TPSA) is 73.2 Å². The molecule has 1 saturated heterocycles. The Morgan fingerprint density at radius 3 is 2.43 bits per heavy atom. The highest BCUT2D eigenvalue weighted by molar-refractivity contribution is 7.90. The van der Waals surface area contributed by atoms with Crippen LogP contribution in [-0.4, -0.2) is 37.9 Å². The summed E-state index contributed by atoms with van der Waals surface area (Å²) in [6.45, 7) is 7.28. The molecule has 0 bridgehead atoms. The minimum absolute atomic E-state index is 0.0666.